The number of benzene rings is 2. The van der Waals surface area contributed by atoms with Crippen molar-refractivity contribution >= 4 is 27.3 Å². The minimum atomic E-state index is -3.39. The van der Waals surface area contributed by atoms with E-state index in [4.69, 9.17) is 4.74 Å². The number of anilines is 2. The molecule has 6 nitrogen and oxygen atoms in total. The van der Waals surface area contributed by atoms with Gasteiger partial charge in [0, 0.05) is 17.3 Å². The number of nitrogens with one attached hydrogen (secondary N) is 1. The second kappa shape index (κ2) is 6.12. The molecule has 0 spiro atoms. The molecule has 1 amide bonds. The Kier molecular flexibility index (Phi) is 4.15. The minimum Gasteiger partial charge on any atom is -0.489 e. The molecule has 0 saturated carbocycles. The highest BCUT2D eigenvalue weighted by molar-refractivity contribution is 7.92. The van der Waals surface area contributed by atoms with Gasteiger partial charge in [0.1, 0.15) is 18.2 Å². The molecule has 0 unspecified atom stereocenters. The van der Waals surface area contributed by atoms with Gasteiger partial charge in [0.2, 0.25) is 10.0 Å². The smallest absolute Gasteiger partial charge is 0.255 e. The van der Waals surface area contributed by atoms with E-state index in [-0.39, 0.29) is 13.2 Å². The van der Waals surface area contributed by atoms with Crippen molar-refractivity contribution in [3.63, 3.8) is 0 Å². The lowest BCUT2D eigenvalue weighted by Crippen LogP contribution is -2.37. The number of sulfonamides is 1. The Hall–Kier alpha value is -2.61. The van der Waals surface area contributed by atoms with E-state index in [9.17, 15) is 17.6 Å². The molecule has 0 saturated heterocycles. The molecule has 126 valence electrons. The summed E-state index contributed by atoms with van der Waals surface area (Å²) < 4.78 is 43.2. The van der Waals surface area contributed by atoms with E-state index in [1.165, 1.54) is 28.6 Å². The maximum absolute atomic E-state index is 12.9. The van der Waals surface area contributed by atoms with Gasteiger partial charge in [0.05, 0.1) is 18.5 Å². The number of hydrogen-bond donors (Lipinski definition) is 1. The van der Waals surface area contributed by atoms with Crippen LogP contribution in [0.15, 0.2) is 42.5 Å². The fourth-order valence-electron chi connectivity index (χ4n) is 2.42. The van der Waals surface area contributed by atoms with Crippen LogP contribution < -0.4 is 14.4 Å². The third kappa shape index (κ3) is 3.33. The maximum Gasteiger partial charge on any atom is 0.255 e. The van der Waals surface area contributed by atoms with Crippen LogP contribution in [-0.2, 0) is 10.0 Å². The largest absolute Gasteiger partial charge is 0.489 e. The molecule has 0 bridgehead atoms. The molecule has 2 aromatic rings. The topological polar surface area (TPSA) is 75.7 Å². The standard InChI is InChI=1S/C16H15FN2O4S/c1-24(21,22)19-8-9-23-15-10-13(6-7-14(15)19)18-16(20)11-2-4-12(17)5-3-11/h2-7,10H,8-9H2,1H3,(H,18,20). The third-order valence-corrected chi connectivity index (χ3v) is 4.72. The van der Waals surface area contributed by atoms with E-state index in [1.54, 1.807) is 18.2 Å². The molecule has 0 aliphatic carbocycles. The molecule has 1 N–H and O–H groups in total. The molecule has 1 aliphatic heterocycles. The second-order valence-corrected chi connectivity index (χ2v) is 7.23. The van der Waals surface area contributed by atoms with Gasteiger partial charge in [-0.3, -0.25) is 9.10 Å². The first-order chi connectivity index (χ1) is 11.3. The predicted octanol–water partition coefficient (Wildman–Crippen LogP) is 2.24. The number of carbonyl (C=O) groups excluding carboxylic acids is 1. The van der Waals surface area contributed by atoms with Crippen LogP contribution in [0.5, 0.6) is 5.75 Å². The first kappa shape index (κ1) is 16.3. The Balaban J connectivity index is 1.84. The molecular weight excluding hydrogens is 335 g/mol. The van der Waals surface area contributed by atoms with E-state index in [1.807, 2.05) is 0 Å². The van der Waals surface area contributed by atoms with Crippen molar-refractivity contribution in [3.05, 3.63) is 53.8 Å². The average molecular weight is 350 g/mol. The number of fused-ring (bicyclic) bond motifs is 1. The van der Waals surface area contributed by atoms with E-state index in [0.29, 0.717) is 22.7 Å². The lowest BCUT2D eigenvalue weighted by atomic mass is 10.2. The van der Waals surface area contributed by atoms with E-state index in [2.05, 4.69) is 5.32 Å². The number of halogens is 1. The number of rotatable bonds is 3. The van der Waals surface area contributed by atoms with Gasteiger partial charge in [-0.05, 0) is 36.4 Å². The number of carbonyl (C=O) groups is 1. The van der Waals surface area contributed by atoms with E-state index >= 15 is 0 Å². The lowest BCUT2D eigenvalue weighted by Gasteiger charge is -2.29. The van der Waals surface area contributed by atoms with Crippen LogP contribution in [0, 0.1) is 5.82 Å². The Morgan fingerprint density at radius 2 is 1.92 bits per heavy atom. The molecule has 0 atom stereocenters. The highest BCUT2D eigenvalue weighted by atomic mass is 32.2. The maximum atomic E-state index is 12.9. The van der Waals surface area contributed by atoms with Crippen molar-refractivity contribution in [3.8, 4) is 5.75 Å². The van der Waals surface area contributed by atoms with E-state index < -0.39 is 21.7 Å². The zero-order chi connectivity index (χ0) is 17.3. The highest BCUT2D eigenvalue weighted by Crippen LogP contribution is 2.35. The number of hydrogen-bond acceptors (Lipinski definition) is 4. The summed E-state index contributed by atoms with van der Waals surface area (Å²) in [6.45, 7) is 0.475. The summed E-state index contributed by atoms with van der Waals surface area (Å²) >= 11 is 0. The first-order valence-corrected chi connectivity index (χ1v) is 9.01. The summed E-state index contributed by atoms with van der Waals surface area (Å²) in [4.78, 5) is 12.1. The number of ether oxygens (including phenoxy) is 1. The van der Waals surface area contributed by atoms with Gasteiger partial charge in [-0.25, -0.2) is 12.8 Å². The van der Waals surface area contributed by atoms with Crippen molar-refractivity contribution < 1.29 is 22.3 Å². The molecule has 2 aromatic carbocycles. The summed E-state index contributed by atoms with van der Waals surface area (Å²) in [7, 11) is -3.39. The molecule has 0 fully saturated rings. The zero-order valence-electron chi connectivity index (χ0n) is 12.8. The number of amides is 1. The van der Waals surface area contributed by atoms with Crippen molar-refractivity contribution in [2.45, 2.75) is 0 Å². The SMILES string of the molecule is CS(=O)(=O)N1CCOc2cc(NC(=O)c3ccc(F)cc3)ccc21. The van der Waals surface area contributed by atoms with E-state index in [0.717, 1.165) is 6.26 Å². The second-order valence-electron chi connectivity index (χ2n) is 5.33. The molecule has 24 heavy (non-hydrogen) atoms. The Morgan fingerprint density at radius 3 is 2.58 bits per heavy atom. The summed E-state index contributed by atoms with van der Waals surface area (Å²) in [5.41, 5.74) is 1.20. The molecule has 0 radical (unpaired) electrons. The normalized spacial score (nSPS) is 13.8. The highest BCUT2D eigenvalue weighted by Gasteiger charge is 2.25. The zero-order valence-corrected chi connectivity index (χ0v) is 13.6. The fraction of sp³-hybridized carbons (Fsp3) is 0.188. The summed E-state index contributed by atoms with van der Waals surface area (Å²) in [5.74, 6) is -0.441. The van der Waals surface area contributed by atoms with Gasteiger partial charge in [0.15, 0.2) is 0 Å². The molecule has 8 heteroatoms. The Morgan fingerprint density at radius 1 is 1.21 bits per heavy atom. The van der Waals surface area contributed by atoms with Crippen LogP contribution >= 0.6 is 0 Å². The molecule has 1 heterocycles. The van der Waals surface area contributed by atoms with Gasteiger partial charge < -0.3 is 10.1 Å². The summed E-state index contributed by atoms with van der Waals surface area (Å²) in [5, 5.41) is 2.67. The van der Waals surface area contributed by atoms with Crippen LogP contribution in [0.1, 0.15) is 10.4 Å². The van der Waals surface area contributed by atoms with Crippen molar-refractivity contribution in [2.75, 3.05) is 29.0 Å². The quantitative estimate of drug-likeness (QED) is 0.921. The Bertz CT molecular complexity index is 881. The predicted molar refractivity (Wildman–Crippen MR) is 88.5 cm³/mol. The van der Waals surface area contributed by atoms with Crippen LogP contribution in [0.4, 0.5) is 15.8 Å². The lowest BCUT2D eigenvalue weighted by molar-refractivity contribution is 0.102. The van der Waals surface area contributed by atoms with Crippen LogP contribution in [0.2, 0.25) is 0 Å². The summed E-state index contributed by atoms with van der Waals surface area (Å²) in [6, 6.07) is 9.90. The fourth-order valence-corrected chi connectivity index (χ4v) is 3.34. The van der Waals surface area contributed by atoms with Crippen molar-refractivity contribution in [2.24, 2.45) is 0 Å². The number of nitrogens with zero attached hydrogens (tertiary/aromatic N) is 1. The molecular formula is C16H15FN2O4S. The van der Waals surface area contributed by atoms with Gasteiger partial charge >= 0.3 is 0 Å². The Labute approximate surface area is 138 Å². The molecule has 0 aromatic heterocycles. The van der Waals surface area contributed by atoms with Gasteiger partial charge in [-0.1, -0.05) is 0 Å². The average Bonchev–Trinajstić information content (AvgIpc) is 2.53. The molecule has 1 aliphatic rings. The van der Waals surface area contributed by atoms with Gasteiger partial charge in [-0.15, -0.1) is 0 Å². The van der Waals surface area contributed by atoms with Gasteiger partial charge in [-0.2, -0.15) is 0 Å². The van der Waals surface area contributed by atoms with Crippen LogP contribution in [0.25, 0.3) is 0 Å². The van der Waals surface area contributed by atoms with Crippen LogP contribution in [-0.4, -0.2) is 33.7 Å². The minimum absolute atomic E-state index is 0.232. The van der Waals surface area contributed by atoms with Crippen LogP contribution in [0.3, 0.4) is 0 Å². The van der Waals surface area contributed by atoms with Crippen molar-refractivity contribution in [1.29, 1.82) is 0 Å². The monoisotopic (exact) mass is 350 g/mol. The first-order valence-electron chi connectivity index (χ1n) is 7.16. The molecule has 3 rings (SSSR count). The summed E-state index contributed by atoms with van der Waals surface area (Å²) in [6.07, 6.45) is 1.13. The third-order valence-electron chi connectivity index (χ3n) is 3.55. The van der Waals surface area contributed by atoms with Gasteiger partial charge in [0.25, 0.3) is 5.91 Å². The van der Waals surface area contributed by atoms with Crippen molar-refractivity contribution in [1.82, 2.24) is 0 Å².